The number of hydrogen-bond acceptors (Lipinski definition) is 3. The van der Waals surface area contributed by atoms with Crippen molar-refractivity contribution in [1.82, 2.24) is 10.3 Å². The first-order chi connectivity index (χ1) is 9.88. The molecule has 0 aliphatic heterocycles. The quantitative estimate of drug-likeness (QED) is 0.748. The summed E-state index contributed by atoms with van der Waals surface area (Å²) in [7, 11) is 0. The van der Waals surface area contributed by atoms with Crippen molar-refractivity contribution in [3.8, 4) is 5.75 Å². The van der Waals surface area contributed by atoms with Crippen LogP contribution in [0.1, 0.15) is 24.5 Å². The number of aromatic nitrogens is 1. The number of hydrogen-bond donors (Lipinski definition) is 1. The maximum absolute atomic E-state index is 5.64. The molecule has 0 aliphatic carbocycles. The molecule has 3 nitrogen and oxygen atoms in total. The Morgan fingerprint density at radius 2 is 1.95 bits per heavy atom. The van der Waals surface area contributed by atoms with Gasteiger partial charge in [0.05, 0.1) is 6.61 Å². The van der Waals surface area contributed by atoms with Gasteiger partial charge in [0, 0.05) is 18.9 Å². The first kappa shape index (κ1) is 14.5. The third-order valence-corrected chi connectivity index (χ3v) is 3.04. The van der Waals surface area contributed by atoms with Gasteiger partial charge in [-0.3, -0.25) is 4.98 Å². The average molecular weight is 270 g/mol. The lowest BCUT2D eigenvalue weighted by atomic mass is 10.2. The standard InChI is InChI=1S/C17H22N2O/c1-2-12-20-17-5-3-4-16(13-17)14-19-11-8-15-6-9-18-10-7-15/h3-7,9-10,13,19H,2,8,11-12,14H2,1H3. The minimum Gasteiger partial charge on any atom is -0.494 e. The van der Waals surface area contributed by atoms with E-state index in [1.807, 2.05) is 24.5 Å². The van der Waals surface area contributed by atoms with Crippen LogP contribution in [-0.2, 0) is 13.0 Å². The number of benzene rings is 1. The molecule has 1 aromatic heterocycles. The van der Waals surface area contributed by atoms with Gasteiger partial charge in [-0.1, -0.05) is 19.1 Å². The minimum absolute atomic E-state index is 0.777. The summed E-state index contributed by atoms with van der Waals surface area (Å²) in [5.74, 6) is 0.959. The summed E-state index contributed by atoms with van der Waals surface area (Å²) >= 11 is 0. The summed E-state index contributed by atoms with van der Waals surface area (Å²) in [6, 6.07) is 12.4. The molecule has 106 valence electrons. The Labute approximate surface area is 121 Å². The van der Waals surface area contributed by atoms with Gasteiger partial charge in [-0.2, -0.15) is 0 Å². The third-order valence-electron chi connectivity index (χ3n) is 3.04. The van der Waals surface area contributed by atoms with Crippen LogP contribution in [0.4, 0.5) is 0 Å². The molecule has 0 saturated heterocycles. The Morgan fingerprint density at radius 1 is 1.10 bits per heavy atom. The summed E-state index contributed by atoms with van der Waals surface area (Å²) in [6.07, 6.45) is 5.73. The lowest BCUT2D eigenvalue weighted by Crippen LogP contribution is -2.16. The van der Waals surface area contributed by atoms with Gasteiger partial charge in [-0.05, 0) is 54.8 Å². The van der Waals surface area contributed by atoms with Gasteiger partial charge >= 0.3 is 0 Å². The molecule has 1 N–H and O–H groups in total. The van der Waals surface area contributed by atoms with Crippen LogP contribution in [-0.4, -0.2) is 18.1 Å². The second-order valence-corrected chi connectivity index (χ2v) is 4.78. The highest BCUT2D eigenvalue weighted by Gasteiger charge is 1.97. The van der Waals surface area contributed by atoms with Crippen LogP contribution in [0.5, 0.6) is 5.75 Å². The number of pyridine rings is 1. The first-order valence-corrected chi connectivity index (χ1v) is 7.20. The van der Waals surface area contributed by atoms with Crippen molar-refractivity contribution in [3.63, 3.8) is 0 Å². The monoisotopic (exact) mass is 270 g/mol. The van der Waals surface area contributed by atoms with Crippen LogP contribution in [0.3, 0.4) is 0 Å². The highest BCUT2D eigenvalue weighted by atomic mass is 16.5. The van der Waals surface area contributed by atoms with Crippen molar-refractivity contribution in [2.75, 3.05) is 13.2 Å². The largest absolute Gasteiger partial charge is 0.494 e. The van der Waals surface area contributed by atoms with E-state index in [0.29, 0.717) is 0 Å². The molecule has 0 spiro atoms. The van der Waals surface area contributed by atoms with E-state index in [4.69, 9.17) is 4.74 Å². The van der Waals surface area contributed by atoms with Crippen LogP contribution in [0, 0.1) is 0 Å². The van der Waals surface area contributed by atoms with Crippen molar-refractivity contribution in [1.29, 1.82) is 0 Å². The van der Waals surface area contributed by atoms with E-state index in [9.17, 15) is 0 Å². The zero-order valence-electron chi connectivity index (χ0n) is 12.0. The molecule has 0 unspecified atom stereocenters. The van der Waals surface area contributed by atoms with Crippen molar-refractivity contribution in [2.24, 2.45) is 0 Å². The van der Waals surface area contributed by atoms with E-state index in [2.05, 4.69) is 41.5 Å². The normalized spacial score (nSPS) is 10.4. The highest BCUT2D eigenvalue weighted by molar-refractivity contribution is 5.28. The molecular formula is C17H22N2O. The van der Waals surface area contributed by atoms with Gasteiger partial charge in [-0.15, -0.1) is 0 Å². The summed E-state index contributed by atoms with van der Waals surface area (Å²) in [5.41, 5.74) is 2.57. The van der Waals surface area contributed by atoms with Gasteiger partial charge in [0.2, 0.25) is 0 Å². The highest BCUT2D eigenvalue weighted by Crippen LogP contribution is 2.13. The molecule has 0 saturated carbocycles. The Morgan fingerprint density at radius 3 is 2.75 bits per heavy atom. The van der Waals surface area contributed by atoms with E-state index < -0.39 is 0 Å². The van der Waals surface area contributed by atoms with E-state index in [1.165, 1.54) is 11.1 Å². The van der Waals surface area contributed by atoms with E-state index in [0.717, 1.165) is 38.3 Å². The predicted octanol–water partition coefficient (Wildman–Crippen LogP) is 3.20. The lowest BCUT2D eigenvalue weighted by molar-refractivity contribution is 0.317. The van der Waals surface area contributed by atoms with Crippen LogP contribution < -0.4 is 10.1 Å². The van der Waals surface area contributed by atoms with Crippen molar-refractivity contribution in [3.05, 3.63) is 59.9 Å². The zero-order valence-corrected chi connectivity index (χ0v) is 12.0. The number of nitrogens with one attached hydrogen (secondary N) is 1. The molecular weight excluding hydrogens is 248 g/mol. The van der Waals surface area contributed by atoms with Crippen LogP contribution in [0.2, 0.25) is 0 Å². The molecule has 0 fully saturated rings. The number of nitrogens with zero attached hydrogens (tertiary/aromatic N) is 1. The zero-order chi connectivity index (χ0) is 14.0. The molecule has 1 aromatic carbocycles. The molecule has 0 amide bonds. The second-order valence-electron chi connectivity index (χ2n) is 4.78. The van der Waals surface area contributed by atoms with Crippen LogP contribution in [0.15, 0.2) is 48.8 Å². The van der Waals surface area contributed by atoms with Crippen molar-refractivity contribution >= 4 is 0 Å². The molecule has 1 heterocycles. The number of ether oxygens (including phenoxy) is 1. The molecule has 20 heavy (non-hydrogen) atoms. The maximum atomic E-state index is 5.64. The molecule has 0 bridgehead atoms. The van der Waals surface area contributed by atoms with Gasteiger partial charge in [0.15, 0.2) is 0 Å². The summed E-state index contributed by atoms with van der Waals surface area (Å²) < 4.78 is 5.64. The minimum atomic E-state index is 0.777. The van der Waals surface area contributed by atoms with Gasteiger partial charge < -0.3 is 10.1 Å². The fourth-order valence-electron chi connectivity index (χ4n) is 1.98. The van der Waals surface area contributed by atoms with E-state index in [-0.39, 0.29) is 0 Å². The molecule has 3 heteroatoms. The summed E-state index contributed by atoms with van der Waals surface area (Å²) in [6.45, 7) is 4.72. The molecule has 0 radical (unpaired) electrons. The SMILES string of the molecule is CCCOc1cccc(CNCCc2ccncc2)c1. The Hall–Kier alpha value is -1.87. The summed E-state index contributed by atoms with van der Waals surface area (Å²) in [5, 5.41) is 3.46. The van der Waals surface area contributed by atoms with E-state index >= 15 is 0 Å². The van der Waals surface area contributed by atoms with Crippen molar-refractivity contribution in [2.45, 2.75) is 26.3 Å². The van der Waals surface area contributed by atoms with Crippen molar-refractivity contribution < 1.29 is 4.74 Å². The molecule has 2 aromatic rings. The maximum Gasteiger partial charge on any atom is 0.119 e. The molecule has 0 aliphatic rings. The van der Waals surface area contributed by atoms with Gasteiger partial charge in [0.25, 0.3) is 0 Å². The lowest BCUT2D eigenvalue weighted by Gasteiger charge is -2.08. The smallest absolute Gasteiger partial charge is 0.119 e. The average Bonchev–Trinajstić information content (AvgIpc) is 2.51. The fraction of sp³-hybridized carbons (Fsp3) is 0.353. The topological polar surface area (TPSA) is 34.1 Å². The van der Waals surface area contributed by atoms with Crippen LogP contribution in [0.25, 0.3) is 0 Å². The molecule has 2 rings (SSSR count). The second kappa shape index (κ2) is 8.33. The van der Waals surface area contributed by atoms with E-state index in [1.54, 1.807) is 0 Å². The van der Waals surface area contributed by atoms with Gasteiger partial charge in [-0.25, -0.2) is 0 Å². The van der Waals surface area contributed by atoms with Crippen LogP contribution >= 0.6 is 0 Å². The predicted molar refractivity (Wildman–Crippen MR) is 81.9 cm³/mol. The van der Waals surface area contributed by atoms with Gasteiger partial charge in [0.1, 0.15) is 5.75 Å². The Kier molecular flexibility index (Phi) is 6.06. The Bertz CT molecular complexity index is 499. The summed E-state index contributed by atoms with van der Waals surface area (Å²) in [4.78, 5) is 4.02. The Balaban J connectivity index is 1.73. The first-order valence-electron chi connectivity index (χ1n) is 7.20. The molecule has 0 atom stereocenters. The number of rotatable bonds is 8. The third kappa shape index (κ3) is 5.02. The fourth-order valence-corrected chi connectivity index (χ4v) is 1.98.